The summed E-state index contributed by atoms with van der Waals surface area (Å²) >= 11 is 0. The molecular weight excluding hydrogens is 282 g/mol. The van der Waals surface area contributed by atoms with Crippen molar-refractivity contribution in [3.63, 3.8) is 0 Å². The van der Waals surface area contributed by atoms with E-state index < -0.39 is 11.6 Å². The molecule has 6 heteroatoms. The summed E-state index contributed by atoms with van der Waals surface area (Å²) in [5.74, 6) is 0.201. The van der Waals surface area contributed by atoms with E-state index in [4.69, 9.17) is 0 Å². The lowest BCUT2D eigenvalue weighted by atomic mass is 9.78. The van der Waals surface area contributed by atoms with Crippen LogP contribution in [0.1, 0.15) is 52.4 Å². The molecule has 3 rings (SSSR count). The van der Waals surface area contributed by atoms with Gasteiger partial charge in [0.1, 0.15) is 12.1 Å². The van der Waals surface area contributed by atoms with Gasteiger partial charge in [0.2, 0.25) is 5.91 Å². The summed E-state index contributed by atoms with van der Waals surface area (Å²) in [6, 6.07) is -0.149. The monoisotopic (exact) mass is 307 g/mol. The van der Waals surface area contributed by atoms with E-state index in [1.807, 2.05) is 4.90 Å². The van der Waals surface area contributed by atoms with Crippen LogP contribution < -0.4 is 5.32 Å². The van der Waals surface area contributed by atoms with E-state index >= 15 is 0 Å². The molecule has 3 fully saturated rings. The highest BCUT2D eigenvalue weighted by Crippen LogP contribution is 2.35. The first kappa shape index (κ1) is 15.3. The van der Waals surface area contributed by atoms with Gasteiger partial charge in [-0.3, -0.25) is 14.5 Å². The summed E-state index contributed by atoms with van der Waals surface area (Å²) in [5, 5.41) is 2.62. The molecule has 2 atom stereocenters. The Bertz CT molecular complexity index is 501. The van der Waals surface area contributed by atoms with Crippen molar-refractivity contribution in [2.75, 3.05) is 13.1 Å². The van der Waals surface area contributed by atoms with Crippen LogP contribution in [0.4, 0.5) is 4.79 Å². The van der Waals surface area contributed by atoms with Gasteiger partial charge in [0.15, 0.2) is 0 Å². The van der Waals surface area contributed by atoms with Crippen molar-refractivity contribution in [2.45, 2.75) is 64.0 Å². The van der Waals surface area contributed by atoms with Gasteiger partial charge >= 0.3 is 6.03 Å². The van der Waals surface area contributed by atoms with Crippen molar-refractivity contribution in [1.82, 2.24) is 15.1 Å². The van der Waals surface area contributed by atoms with Crippen LogP contribution in [-0.2, 0) is 9.59 Å². The number of imide groups is 1. The number of carbonyl (C=O) groups excluding carboxylic acids is 3. The maximum Gasteiger partial charge on any atom is 0.325 e. The lowest BCUT2D eigenvalue weighted by Gasteiger charge is -2.44. The molecule has 2 saturated heterocycles. The van der Waals surface area contributed by atoms with E-state index in [9.17, 15) is 14.4 Å². The first-order valence-electron chi connectivity index (χ1n) is 8.34. The zero-order valence-corrected chi connectivity index (χ0v) is 13.4. The fraction of sp³-hybridized carbons (Fsp3) is 0.812. The molecule has 6 nitrogen and oxygen atoms in total. The number of likely N-dealkylation sites (tertiary alicyclic amines) is 1. The number of nitrogens with one attached hydrogen (secondary N) is 1. The van der Waals surface area contributed by atoms with E-state index in [1.54, 1.807) is 13.8 Å². The first-order chi connectivity index (χ1) is 10.4. The predicted octanol–water partition coefficient (Wildman–Crippen LogP) is 1.50. The molecule has 122 valence electrons. The molecule has 0 aromatic heterocycles. The molecule has 2 heterocycles. The minimum atomic E-state index is -0.910. The molecule has 0 aromatic rings. The number of nitrogens with zero attached hydrogens (tertiary/aromatic N) is 2. The highest BCUT2D eigenvalue weighted by atomic mass is 16.2. The summed E-state index contributed by atoms with van der Waals surface area (Å²) in [6.07, 6.45) is 6.90. The Morgan fingerprint density at radius 3 is 2.55 bits per heavy atom. The van der Waals surface area contributed by atoms with Crippen molar-refractivity contribution < 1.29 is 14.4 Å². The van der Waals surface area contributed by atoms with Crippen molar-refractivity contribution in [3.8, 4) is 0 Å². The summed E-state index contributed by atoms with van der Waals surface area (Å²) < 4.78 is 0. The molecule has 22 heavy (non-hydrogen) atoms. The minimum absolute atomic E-state index is 0.0854. The van der Waals surface area contributed by atoms with Crippen LogP contribution >= 0.6 is 0 Å². The van der Waals surface area contributed by atoms with Crippen molar-refractivity contribution in [3.05, 3.63) is 0 Å². The zero-order chi connectivity index (χ0) is 15.9. The SMILES string of the molecule is CC1(C)NC(=O)N(CC(=O)N2CCC[C@H]3CCCC[C@H]32)C1=O. The zero-order valence-electron chi connectivity index (χ0n) is 13.4. The minimum Gasteiger partial charge on any atom is -0.338 e. The molecule has 0 aromatic carbocycles. The quantitative estimate of drug-likeness (QED) is 0.786. The predicted molar refractivity (Wildman–Crippen MR) is 81.0 cm³/mol. The normalized spacial score (nSPS) is 31.0. The first-order valence-corrected chi connectivity index (χ1v) is 8.34. The second-order valence-electron chi connectivity index (χ2n) is 7.29. The van der Waals surface area contributed by atoms with Crippen LogP contribution in [0.15, 0.2) is 0 Å². The van der Waals surface area contributed by atoms with Crippen LogP contribution in [0, 0.1) is 5.92 Å². The van der Waals surface area contributed by atoms with E-state index in [0.717, 1.165) is 24.3 Å². The Morgan fingerprint density at radius 2 is 1.86 bits per heavy atom. The number of fused-ring (bicyclic) bond motifs is 1. The smallest absolute Gasteiger partial charge is 0.325 e. The standard InChI is InChI=1S/C16H25N3O3/c1-16(2)14(21)19(15(22)17-16)10-13(20)18-9-5-7-11-6-3-4-8-12(11)18/h11-12H,3-10H2,1-2H3,(H,17,22)/t11-,12-/m1/s1. The fourth-order valence-corrected chi connectivity index (χ4v) is 4.12. The van der Waals surface area contributed by atoms with Gasteiger partial charge in [0.25, 0.3) is 5.91 Å². The number of urea groups is 1. The molecule has 0 unspecified atom stereocenters. The largest absolute Gasteiger partial charge is 0.338 e. The van der Waals surface area contributed by atoms with Crippen LogP contribution in [0.3, 0.4) is 0 Å². The maximum absolute atomic E-state index is 12.7. The number of carbonyl (C=O) groups is 3. The van der Waals surface area contributed by atoms with E-state index in [-0.39, 0.29) is 18.4 Å². The van der Waals surface area contributed by atoms with Crippen molar-refractivity contribution in [1.29, 1.82) is 0 Å². The van der Waals surface area contributed by atoms with Crippen molar-refractivity contribution >= 4 is 17.8 Å². The third-order valence-corrected chi connectivity index (χ3v) is 5.30. The Balaban J connectivity index is 1.69. The fourth-order valence-electron chi connectivity index (χ4n) is 4.12. The van der Waals surface area contributed by atoms with E-state index in [1.165, 1.54) is 25.7 Å². The maximum atomic E-state index is 12.7. The lowest BCUT2D eigenvalue weighted by Crippen LogP contribution is -2.53. The number of hydrogen-bond acceptors (Lipinski definition) is 3. The van der Waals surface area contributed by atoms with Gasteiger partial charge in [-0.25, -0.2) is 4.79 Å². The molecular formula is C16H25N3O3. The summed E-state index contributed by atoms with van der Waals surface area (Å²) in [6.45, 7) is 3.95. The summed E-state index contributed by atoms with van der Waals surface area (Å²) in [4.78, 5) is 39.8. The van der Waals surface area contributed by atoms with Crippen LogP contribution in [-0.4, -0.2) is 52.3 Å². The Morgan fingerprint density at radius 1 is 1.18 bits per heavy atom. The second-order valence-corrected chi connectivity index (χ2v) is 7.29. The molecule has 1 saturated carbocycles. The Labute approximate surface area is 131 Å². The summed E-state index contributed by atoms with van der Waals surface area (Å²) in [7, 11) is 0. The molecule has 0 bridgehead atoms. The third-order valence-electron chi connectivity index (χ3n) is 5.30. The van der Waals surface area contributed by atoms with Gasteiger partial charge < -0.3 is 10.2 Å². The molecule has 2 aliphatic heterocycles. The highest BCUT2D eigenvalue weighted by Gasteiger charge is 2.46. The van der Waals surface area contributed by atoms with Crippen LogP contribution in [0.2, 0.25) is 0 Å². The van der Waals surface area contributed by atoms with Crippen molar-refractivity contribution in [2.24, 2.45) is 5.92 Å². The van der Waals surface area contributed by atoms with Gasteiger partial charge in [0, 0.05) is 12.6 Å². The van der Waals surface area contributed by atoms with Gasteiger partial charge in [-0.2, -0.15) is 0 Å². The summed E-state index contributed by atoms with van der Waals surface area (Å²) in [5.41, 5.74) is -0.910. The topological polar surface area (TPSA) is 69.7 Å². The molecule has 0 radical (unpaired) electrons. The molecule has 3 aliphatic rings. The Hall–Kier alpha value is -1.59. The van der Waals surface area contributed by atoms with Gasteiger partial charge in [-0.15, -0.1) is 0 Å². The molecule has 4 amide bonds. The molecule has 1 N–H and O–H groups in total. The second kappa shape index (κ2) is 5.56. The molecule has 0 spiro atoms. The third kappa shape index (κ3) is 2.59. The van der Waals surface area contributed by atoms with E-state index in [2.05, 4.69) is 5.32 Å². The van der Waals surface area contributed by atoms with Gasteiger partial charge in [-0.05, 0) is 45.4 Å². The Kier molecular flexibility index (Phi) is 3.87. The van der Waals surface area contributed by atoms with Crippen LogP contribution in [0.5, 0.6) is 0 Å². The molecule has 1 aliphatic carbocycles. The van der Waals surface area contributed by atoms with Gasteiger partial charge in [-0.1, -0.05) is 12.8 Å². The number of piperidine rings is 1. The average Bonchev–Trinajstić information content (AvgIpc) is 2.68. The van der Waals surface area contributed by atoms with E-state index in [0.29, 0.717) is 12.0 Å². The number of amides is 4. The number of rotatable bonds is 2. The number of hydrogen-bond donors (Lipinski definition) is 1. The highest BCUT2D eigenvalue weighted by molar-refractivity contribution is 6.08. The van der Waals surface area contributed by atoms with Gasteiger partial charge in [0.05, 0.1) is 0 Å². The van der Waals surface area contributed by atoms with Crippen LogP contribution in [0.25, 0.3) is 0 Å². The average molecular weight is 307 g/mol. The lowest BCUT2D eigenvalue weighted by molar-refractivity contribution is -0.142.